The number of ether oxygens (including phenoxy) is 2. The molecule has 1 saturated heterocycles. The molecule has 29 heavy (non-hydrogen) atoms. The summed E-state index contributed by atoms with van der Waals surface area (Å²) < 4.78 is 10.9. The van der Waals surface area contributed by atoms with Crippen LogP contribution in [-0.2, 0) is 6.54 Å². The lowest BCUT2D eigenvalue weighted by Crippen LogP contribution is -2.49. The molecule has 5 nitrogen and oxygen atoms in total. The Bertz CT molecular complexity index is 877. The molecule has 0 unspecified atom stereocenters. The lowest BCUT2D eigenvalue weighted by atomic mass is 10.1. The highest BCUT2D eigenvalue weighted by molar-refractivity contribution is 7.80. The van der Waals surface area contributed by atoms with Gasteiger partial charge in [-0.25, -0.2) is 0 Å². The van der Waals surface area contributed by atoms with Crippen LogP contribution >= 0.6 is 12.2 Å². The van der Waals surface area contributed by atoms with E-state index >= 15 is 0 Å². The summed E-state index contributed by atoms with van der Waals surface area (Å²) >= 11 is 5.67. The molecule has 2 aromatic carbocycles. The van der Waals surface area contributed by atoms with E-state index in [0.29, 0.717) is 0 Å². The highest BCUT2D eigenvalue weighted by Gasteiger charge is 2.20. The summed E-state index contributed by atoms with van der Waals surface area (Å²) in [6.07, 6.45) is 0. The Kier molecular flexibility index (Phi) is 6.98. The number of nitrogens with one attached hydrogen (secondary N) is 1. The molecule has 0 saturated carbocycles. The maximum absolute atomic E-state index is 5.67. The maximum atomic E-state index is 5.67. The zero-order valence-electron chi connectivity index (χ0n) is 18.0. The Balaban J connectivity index is 1.58. The number of hydrogen-bond donors (Lipinski definition) is 1. The predicted octanol–water partition coefficient (Wildman–Crippen LogP) is 4.14. The molecule has 6 heteroatoms. The van der Waals surface area contributed by atoms with Crippen LogP contribution in [0, 0.1) is 20.8 Å². The molecule has 1 heterocycles. The standard InChI is InChI=1S/C23H31N3O2S/c1-16-6-7-17(2)20(12-16)24-23(29)26-10-8-25(9-11-26)15-19-14-22(28-5)21(27-4)13-18(19)3/h6-7,12-14H,8-11,15H2,1-5H3,(H,24,29). The van der Waals surface area contributed by atoms with Crippen molar-refractivity contribution in [3.63, 3.8) is 0 Å². The molecule has 1 N–H and O–H groups in total. The van der Waals surface area contributed by atoms with E-state index in [1.807, 2.05) is 6.07 Å². The number of methoxy groups -OCH3 is 2. The Morgan fingerprint density at radius 3 is 2.24 bits per heavy atom. The van der Waals surface area contributed by atoms with Crippen molar-refractivity contribution < 1.29 is 9.47 Å². The van der Waals surface area contributed by atoms with Crippen molar-refractivity contribution >= 4 is 23.0 Å². The highest BCUT2D eigenvalue weighted by Crippen LogP contribution is 2.31. The van der Waals surface area contributed by atoms with Gasteiger partial charge in [0.2, 0.25) is 0 Å². The van der Waals surface area contributed by atoms with Crippen LogP contribution in [-0.4, -0.2) is 55.3 Å². The van der Waals surface area contributed by atoms with Crippen molar-refractivity contribution in [2.45, 2.75) is 27.3 Å². The maximum Gasteiger partial charge on any atom is 0.173 e. The smallest absolute Gasteiger partial charge is 0.173 e. The summed E-state index contributed by atoms with van der Waals surface area (Å²) in [5.41, 5.74) is 6.03. The average molecular weight is 414 g/mol. The molecule has 0 aliphatic carbocycles. The van der Waals surface area contributed by atoms with Gasteiger partial charge < -0.3 is 19.7 Å². The lowest BCUT2D eigenvalue weighted by Gasteiger charge is -2.36. The minimum absolute atomic E-state index is 0.779. The SMILES string of the molecule is COc1cc(C)c(CN2CCN(C(=S)Nc3cc(C)ccc3C)CC2)cc1OC. The molecule has 0 spiro atoms. The van der Waals surface area contributed by atoms with E-state index in [-0.39, 0.29) is 0 Å². The van der Waals surface area contributed by atoms with Crippen molar-refractivity contribution in [2.24, 2.45) is 0 Å². The highest BCUT2D eigenvalue weighted by atomic mass is 32.1. The average Bonchev–Trinajstić information content (AvgIpc) is 2.72. The van der Waals surface area contributed by atoms with Gasteiger partial charge in [0.25, 0.3) is 0 Å². The van der Waals surface area contributed by atoms with E-state index in [0.717, 1.165) is 55.0 Å². The molecule has 0 amide bonds. The summed E-state index contributed by atoms with van der Waals surface area (Å²) in [5.74, 6) is 1.56. The summed E-state index contributed by atoms with van der Waals surface area (Å²) in [7, 11) is 3.35. The number of hydrogen-bond acceptors (Lipinski definition) is 4. The first kappa shape index (κ1) is 21.4. The molecule has 156 valence electrons. The molecule has 3 rings (SSSR count). The fourth-order valence-corrected chi connectivity index (χ4v) is 3.90. The number of nitrogens with zero attached hydrogens (tertiary/aromatic N) is 2. The van der Waals surface area contributed by atoms with Gasteiger partial charge in [-0.1, -0.05) is 12.1 Å². The van der Waals surface area contributed by atoms with E-state index in [4.69, 9.17) is 21.7 Å². The minimum Gasteiger partial charge on any atom is -0.493 e. The predicted molar refractivity (Wildman–Crippen MR) is 123 cm³/mol. The molecular weight excluding hydrogens is 382 g/mol. The van der Waals surface area contributed by atoms with Crippen molar-refractivity contribution in [2.75, 3.05) is 45.7 Å². The summed E-state index contributed by atoms with van der Waals surface area (Å²) in [6.45, 7) is 11.0. The van der Waals surface area contributed by atoms with Gasteiger partial charge in [0.15, 0.2) is 16.6 Å². The molecule has 0 radical (unpaired) electrons. The van der Waals surface area contributed by atoms with Gasteiger partial charge in [-0.05, 0) is 73.4 Å². The number of thiocarbonyl (C=S) groups is 1. The Morgan fingerprint density at radius 1 is 0.931 bits per heavy atom. The van der Waals surface area contributed by atoms with Crippen LogP contribution in [0.2, 0.25) is 0 Å². The van der Waals surface area contributed by atoms with Gasteiger partial charge in [0.05, 0.1) is 14.2 Å². The second-order valence-corrected chi connectivity index (χ2v) is 8.03. The third kappa shape index (κ3) is 5.19. The van der Waals surface area contributed by atoms with Crippen molar-refractivity contribution in [1.29, 1.82) is 0 Å². The van der Waals surface area contributed by atoms with E-state index in [1.165, 1.54) is 22.3 Å². The first-order valence-corrected chi connectivity index (χ1v) is 10.4. The summed E-state index contributed by atoms with van der Waals surface area (Å²) in [5, 5.41) is 4.24. The molecular formula is C23H31N3O2S. The second-order valence-electron chi connectivity index (χ2n) is 7.65. The third-order valence-electron chi connectivity index (χ3n) is 5.53. The summed E-state index contributed by atoms with van der Waals surface area (Å²) in [6, 6.07) is 10.5. The van der Waals surface area contributed by atoms with Crippen molar-refractivity contribution in [3.8, 4) is 11.5 Å². The second kappa shape index (κ2) is 9.46. The van der Waals surface area contributed by atoms with Crippen LogP contribution in [0.25, 0.3) is 0 Å². The van der Waals surface area contributed by atoms with Crippen LogP contribution in [0.4, 0.5) is 5.69 Å². The zero-order chi connectivity index (χ0) is 21.0. The number of aryl methyl sites for hydroxylation is 3. The van der Waals surface area contributed by atoms with Gasteiger partial charge in [-0.15, -0.1) is 0 Å². The first-order valence-electron chi connectivity index (χ1n) is 9.98. The summed E-state index contributed by atoms with van der Waals surface area (Å²) in [4.78, 5) is 4.72. The lowest BCUT2D eigenvalue weighted by molar-refractivity contribution is 0.176. The molecule has 0 aromatic heterocycles. The van der Waals surface area contributed by atoms with Gasteiger partial charge in [0.1, 0.15) is 0 Å². The van der Waals surface area contributed by atoms with Gasteiger partial charge in [-0.3, -0.25) is 4.90 Å². The van der Waals surface area contributed by atoms with Gasteiger partial charge >= 0.3 is 0 Å². The van der Waals surface area contributed by atoms with E-state index in [1.54, 1.807) is 14.2 Å². The molecule has 1 aliphatic rings. The number of anilines is 1. The van der Waals surface area contributed by atoms with Crippen LogP contribution < -0.4 is 14.8 Å². The van der Waals surface area contributed by atoms with E-state index < -0.39 is 0 Å². The van der Waals surface area contributed by atoms with E-state index in [9.17, 15) is 0 Å². The molecule has 0 atom stereocenters. The quantitative estimate of drug-likeness (QED) is 0.743. The van der Waals surface area contributed by atoms with Gasteiger partial charge in [-0.2, -0.15) is 0 Å². The zero-order valence-corrected chi connectivity index (χ0v) is 18.9. The van der Waals surface area contributed by atoms with Crippen LogP contribution in [0.1, 0.15) is 22.3 Å². The molecule has 2 aromatic rings. The van der Waals surface area contributed by atoms with Gasteiger partial charge in [0, 0.05) is 38.4 Å². The Morgan fingerprint density at radius 2 is 1.59 bits per heavy atom. The fourth-order valence-electron chi connectivity index (χ4n) is 3.61. The molecule has 1 aliphatic heterocycles. The normalized spacial score (nSPS) is 14.6. The van der Waals surface area contributed by atoms with Crippen LogP contribution in [0.3, 0.4) is 0 Å². The van der Waals surface area contributed by atoms with Crippen molar-refractivity contribution in [1.82, 2.24) is 9.80 Å². The topological polar surface area (TPSA) is 37.0 Å². The number of rotatable bonds is 5. The molecule has 0 bridgehead atoms. The Labute approximate surface area is 179 Å². The third-order valence-corrected chi connectivity index (χ3v) is 5.89. The van der Waals surface area contributed by atoms with Crippen LogP contribution in [0.5, 0.6) is 11.5 Å². The first-order chi connectivity index (χ1) is 13.9. The minimum atomic E-state index is 0.779. The van der Waals surface area contributed by atoms with Crippen LogP contribution in [0.15, 0.2) is 30.3 Å². The Hall–Kier alpha value is -2.31. The fraction of sp³-hybridized carbons (Fsp3) is 0.435. The number of piperazine rings is 1. The number of benzene rings is 2. The monoisotopic (exact) mass is 413 g/mol. The van der Waals surface area contributed by atoms with E-state index in [2.05, 4.69) is 60.2 Å². The largest absolute Gasteiger partial charge is 0.493 e. The van der Waals surface area contributed by atoms with Crippen molar-refractivity contribution in [3.05, 3.63) is 52.6 Å². The molecule has 1 fully saturated rings.